The molecule has 0 N–H and O–H groups in total. The number of fused-ring (bicyclic) bond motifs is 1. The van der Waals surface area contributed by atoms with E-state index in [0.717, 1.165) is 10.1 Å². The van der Waals surface area contributed by atoms with Gasteiger partial charge in [0.15, 0.2) is 9.84 Å². The molecule has 0 saturated heterocycles. The number of hydrogen-bond acceptors (Lipinski definition) is 3. The highest BCUT2D eigenvalue weighted by atomic mass is 35.5. The predicted molar refractivity (Wildman–Crippen MR) is 69.2 cm³/mol. The van der Waals surface area contributed by atoms with Gasteiger partial charge in [-0.05, 0) is 32.0 Å². The molecular formula is C11H11ClO2S2. The normalized spacial score (nSPS) is 12.5. The van der Waals surface area contributed by atoms with E-state index in [-0.39, 0.29) is 0 Å². The van der Waals surface area contributed by atoms with Gasteiger partial charge in [-0.2, -0.15) is 0 Å². The van der Waals surface area contributed by atoms with E-state index < -0.39 is 15.1 Å². The Hall–Kier alpha value is -0.580. The third-order valence-electron chi connectivity index (χ3n) is 2.39. The third kappa shape index (κ3) is 1.85. The first kappa shape index (κ1) is 11.9. The van der Waals surface area contributed by atoms with Crippen LogP contribution >= 0.6 is 22.9 Å². The van der Waals surface area contributed by atoms with Crippen molar-refractivity contribution in [1.82, 2.24) is 0 Å². The molecule has 0 aliphatic carbocycles. The van der Waals surface area contributed by atoms with Crippen LogP contribution in [0.5, 0.6) is 0 Å². The molecule has 2 nitrogen and oxygen atoms in total. The van der Waals surface area contributed by atoms with Crippen molar-refractivity contribution in [3.8, 4) is 0 Å². The summed E-state index contributed by atoms with van der Waals surface area (Å²) in [6.07, 6.45) is 0. The summed E-state index contributed by atoms with van der Waals surface area (Å²) < 4.78 is 25.3. The number of thiophene rings is 1. The lowest BCUT2D eigenvalue weighted by molar-refractivity contribution is 0.589. The van der Waals surface area contributed by atoms with Crippen LogP contribution in [0.15, 0.2) is 28.5 Å². The minimum atomic E-state index is -3.20. The van der Waals surface area contributed by atoms with Crippen molar-refractivity contribution in [2.75, 3.05) is 0 Å². The van der Waals surface area contributed by atoms with E-state index >= 15 is 0 Å². The van der Waals surface area contributed by atoms with E-state index in [9.17, 15) is 8.42 Å². The molecule has 16 heavy (non-hydrogen) atoms. The zero-order chi connectivity index (χ0) is 11.9. The number of rotatable bonds is 2. The van der Waals surface area contributed by atoms with Gasteiger partial charge in [-0.3, -0.25) is 0 Å². The van der Waals surface area contributed by atoms with Crippen LogP contribution in [-0.4, -0.2) is 13.7 Å². The van der Waals surface area contributed by atoms with Crippen LogP contribution in [0.25, 0.3) is 10.1 Å². The zero-order valence-corrected chi connectivity index (χ0v) is 11.3. The largest absolute Gasteiger partial charge is 0.223 e. The summed E-state index contributed by atoms with van der Waals surface area (Å²) in [5.74, 6) is 0. The van der Waals surface area contributed by atoms with Gasteiger partial charge in [0.05, 0.1) is 5.25 Å². The highest BCUT2D eigenvalue weighted by Crippen LogP contribution is 2.34. The lowest BCUT2D eigenvalue weighted by Gasteiger charge is -2.03. The maximum absolute atomic E-state index is 12.0. The summed E-state index contributed by atoms with van der Waals surface area (Å²) in [6, 6.07) is 7.14. The van der Waals surface area contributed by atoms with Gasteiger partial charge in [0, 0.05) is 15.1 Å². The Bertz CT molecular complexity index is 626. The van der Waals surface area contributed by atoms with Gasteiger partial charge in [-0.25, -0.2) is 8.42 Å². The first-order valence-electron chi connectivity index (χ1n) is 4.85. The van der Waals surface area contributed by atoms with Crippen LogP contribution < -0.4 is 0 Å². The number of sulfone groups is 1. The van der Waals surface area contributed by atoms with Crippen molar-refractivity contribution in [3.05, 3.63) is 29.3 Å². The summed E-state index contributed by atoms with van der Waals surface area (Å²) in [4.78, 5) is 0. The number of halogens is 1. The molecule has 0 aliphatic heterocycles. The number of hydrogen-bond donors (Lipinski definition) is 0. The first-order valence-corrected chi connectivity index (χ1v) is 7.59. The molecule has 0 saturated carbocycles. The van der Waals surface area contributed by atoms with Crippen molar-refractivity contribution in [2.45, 2.75) is 23.3 Å². The van der Waals surface area contributed by atoms with Crippen molar-refractivity contribution in [1.29, 1.82) is 0 Å². The summed E-state index contributed by atoms with van der Waals surface area (Å²) in [5, 5.41) is 1.01. The SMILES string of the molecule is CC(C)S(=O)(=O)c1cc2c(Cl)cccc2s1. The Kier molecular flexibility index (Phi) is 2.99. The van der Waals surface area contributed by atoms with Crippen LogP contribution in [-0.2, 0) is 9.84 Å². The monoisotopic (exact) mass is 274 g/mol. The molecule has 0 spiro atoms. The molecule has 5 heteroatoms. The van der Waals surface area contributed by atoms with Crippen molar-refractivity contribution >= 4 is 42.9 Å². The summed E-state index contributed by atoms with van der Waals surface area (Å²) >= 11 is 7.29. The van der Waals surface area contributed by atoms with E-state index in [1.807, 2.05) is 12.1 Å². The van der Waals surface area contributed by atoms with Gasteiger partial charge < -0.3 is 0 Å². The summed E-state index contributed by atoms with van der Waals surface area (Å²) in [6.45, 7) is 3.36. The quantitative estimate of drug-likeness (QED) is 0.836. The third-order valence-corrected chi connectivity index (χ3v) is 6.48. The zero-order valence-electron chi connectivity index (χ0n) is 8.90. The van der Waals surface area contributed by atoms with Gasteiger partial charge in [-0.1, -0.05) is 17.7 Å². The molecule has 0 bridgehead atoms. The molecule has 0 aliphatic rings. The van der Waals surface area contributed by atoms with Crippen LogP contribution in [0.4, 0.5) is 0 Å². The van der Waals surface area contributed by atoms with Gasteiger partial charge in [0.1, 0.15) is 4.21 Å². The molecule has 0 atom stereocenters. The number of benzene rings is 1. The second-order valence-corrected chi connectivity index (χ2v) is 8.03. The molecule has 0 unspecified atom stereocenters. The van der Waals surface area contributed by atoms with Crippen molar-refractivity contribution in [3.63, 3.8) is 0 Å². The van der Waals surface area contributed by atoms with Crippen molar-refractivity contribution in [2.24, 2.45) is 0 Å². The maximum atomic E-state index is 12.0. The lowest BCUT2D eigenvalue weighted by Crippen LogP contribution is -2.12. The summed E-state index contributed by atoms with van der Waals surface area (Å²) in [5.41, 5.74) is 0. The van der Waals surface area contributed by atoms with E-state index in [2.05, 4.69) is 0 Å². The molecule has 2 rings (SSSR count). The fourth-order valence-corrected chi connectivity index (χ4v) is 4.54. The Labute approximate surface area is 104 Å². The average molecular weight is 275 g/mol. The van der Waals surface area contributed by atoms with Gasteiger partial charge in [0.2, 0.25) is 0 Å². The maximum Gasteiger partial charge on any atom is 0.190 e. The smallest absolute Gasteiger partial charge is 0.190 e. The van der Waals surface area contributed by atoms with E-state index in [1.54, 1.807) is 26.0 Å². The molecule has 1 aromatic heterocycles. The Morgan fingerprint density at radius 3 is 2.56 bits per heavy atom. The Morgan fingerprint density at radius 2 is 2.00 bits per heavy atom. The highest BCUT2D eigenvalue weighted by molar-refractivity contribution is 7.94. The Balaban J connectivity index is 2.70. The molecule has 0 radical (unpaired) electrons. The fourth-order valence-electron chi connectivity index (χ4n) is 1.37. The topological polar surface area (TPSA) is 34.1 Å². The van der Waals surface area contributed by atoms with Gasteiger partial charge in [-0.15, -0.1) is 11.3 Å². The average Bonchev–Trinajstić information content (AvgIpc) is 2.63. The van der Waals surface area contributed by atoms with E-state index in [1.165, 1.54) is 11.3 Å². The van der Waals surface area contributed by atoms with Crippen LogP contribution in [0.2, 0.25) is 5.02 Å². The second-order valence-electron chi connectivity index (χ2n) is 3.81. The molecule has 1 aromatic carbocycles. The standard InChI is InChI=1S/C11H11ClO2S2/c1-7(2)16(13,14)11-6-8-9(12)4-3-5-10(8)15-11/h3-7H,1-2H3. The Morgan fingerprint density at radius 1 is 1.31 bits per heavy atom. The van der Waals surface area contributed by atoms with Crippen LogP contribution in [0.3, 0.4) is 0 Å². The molecule has 0 amide bonds. The van der Waals surface area contributed by atoms with Gasteiger partial charge in [0.25, 0.3) is 0 Å². The highest BCUT2D eigenvalue weighted by Gasteiger charge is 2.22. The molecule has 0 fully saturated rings. The minimum Gasteiger partial charge on any atom is -0.223 e. The predicted octanol–water partition coefficient (Wildman–Crippen LogP) is 3.74. The lowest BCUT2D eigenvalue weighted by atomic mass is 10.3. The minimum absolute atomic E-state index is 0.394. The van der Waals surface area contributed by atoms with Gasteiger partial charge >= 0.3 is 0 Å². The molecule has 1 heterocycles. The van der Waals surface area contributed by atoms with E-state index in [0.29, 0.717) is 9.23 Å². The molecule has 86 valence electrons. The molecule has 2 aromatic rings. The second kappa shape index (κ2) is 4.02. The van der Waals surface area contributed by atoms with Crippen LogP contribution in [0.1, 0.15) is 13.8 Å². The first-order chi connectivity index (χ1) is 7.43. The van der Waals surface area contributed by atoms with Crippen LogP contribution in [0, 0.1) is 0 Å². The summed E-state index contributed by atoms with van der Waals surface area (Å²) in [7, 11) is -3.20. The molecular weight excluding hydrogens is 264 g/mol. The van der Waals surface area contributed by atoms with Crippen molar-refractivity contribution < 1.29 is 8.42 Å². The fraction of sp³-hybridized carbons (Fsp3) is 0.273. The van der Waals surface area contributed by atoms with E-state index in [4.69, 9.17) is 11.6 Å².